The highest BCUT2D eigenvalue weighted by Crippen LogP contribution is 2.25. The molecule has 1 aliphatic rings. The number of aromatic nitrogens is 3. The molecule has 1 saturated heterocycles. The largest absolute Gasteiger partial charge is 0.468 e. The van der Waals surface area contributed by atoms with E-state index in [1.807, 2.05) is 34.9 Å². The van der Waals surface area contributed by atoms with Crippen LogP contribution in [0, 0.1) is 0 Å². The van der Waals surface area contributed by atoms with Gasteiger partial charge in [-0.05, 0) is 0 Å². The van der Waals surface area contributed by atoms with E-state index >= 15 is 0 Å². The Balaban J connectivity index is 1.67. The molecular formula is C19H22N4O3S2. The summed E-state index contributed by atoms with van der Waals surface area (Å²) in [6.45, 7) is 5.37. The Bertz CT molecular complexity index is 841. The molecular weight excluding hydrogens is 396 g/mol. The van der Waals surface area contributed by atoms with E-state index in [4.69, 9.17) is 4.74 Å². The number of hydrogen-bond donors (Lipinski definition) is 0. The molecule has 1 aliphatic heterocycles. The highest BCUT2D eigenvalue weighted by molar-refractivity contribution is 8.00. The lowest BCUT2D eigenvalue weighted by Crippen LogP contribution is -2.45. The summed E-state index contributed by atoms with van der Waals surface area (Å²) < 4.78 is 6.75. The lowest BCUT2D eigenvalue weighted by atomic mass is 10.2. The van der Waals surface area contributed by atoms with Gasteiger partial charge in [0.15, 0.2) is 11.0 Å². The average molecular weight is 419 g/mol. The summed E-state index contributed by atoms with van der Waals surface area (Å²) in [5, 5.41) is 8.91. The van der Waals surface area contributed by atoms with Gasteiger partial charge in [0, 0.05) is 31.0 Å². The number of methoxy groups -OCH3 is 1. The lowest BCUT2D eigenvalue weighted by molar-refractivity contribution is -0.141. The van der Waals surface area contributed by atoms with Crippen molar-refractivity contribution in [3.05, 3.63) is 43.0 Å². The van der Waals surface area contributed by atoms with Crippen molar-refractivity contribution < 1.29 is 14.3 Å². The third-order valence-electron chi connectivity index (χ3n) is 4.27. The number of nitrogens with zero attached hydrogens (tertiary/aromatic N) is 4. The number of thioether (sulfide) groups is 2. The summed E-state index contributed by atoms with van der Waals surface area (Å²) in [5.74, 6) is 1.40. The van der Waals surface area contributed by atoms with Gasteiger partial charge in [-0.15, -0.1) is 28.5 Å². The molecule has 2 heterocycles. The van der Waals surface area contributed by atoms with Crippen LogP contribution in [0.5, 0.6) is 0 Å². The molecule has 2 aromatic rings. The van der Waals surface area contributed by atoms with Crippen molar-refractivity contribution in [3.63, 3.8) is 0 Å². The number of benzene rings is 1. The second kappa shape index (κ2) is 9.79. The van der Waals surface area contributed by atoms with E-state index in [1.54, 1.807) is 11.0 Å². The summed E-state index contributed by atoms with van der Waals surface area (Å²) in [6, 6.07) is 9.79. The predicted molar refractivity (Wildman–Crippen MR) is 111 cm³/mol. The normalized spacial score (nSPS) is 16.6. The SMILES string of the molecule is C=CCn1c(SCC(=O)N2CCS[C@H](C(=O)OC)C2)nnc1-c1ccccc1. The minimum atomic E-state index is -0.318. The quantitative estimate of drug-likeness (QED) is 0.388. The molecule has 1 aromatic heterocycles. The van der Waals surface area contributed by atoms with E-state index in [9.17, 15) is 9.59 Å². The van der Waals surface area contributed by atoms with Crippen LogP contribution in [0.3, 0.4) is 0 Å². The van der Waals surface area contributed by atoms with Crippen LogP contribution >= 0.6 is 23.5 Å². The minimum absolute atomic E-state index is 0.0198. The number of carbonyl (C=O) groups excluding carboxylic acids is 2. The first kappa shape index (κ1) is 20.5. The van der Waals surface area contributed by atoms with Crippen LogP contribution in [0.1, 0.15) is 0 Å². The van der Waals surface area contributed by atoms with E-state index < -0.39 is 0 Å². The Hall–Kier alpha value is -2.26. The number of hydrogen-bond acceptors (Lipinski definition) is 7. The van der Waals surface area contributed by atoms with Crippen LogP contribution in [0.25, 0.3) is 11.4 Å². The zero-order valence-electron chi connectivity index (χ0n) is 15.6. The Morgan fingerprint density at radius 2 is 2.14 bits per heavy atom. The average Bonchev–Trinajstić information content (AvgIpc) is 3.15. The van der Waals surface area contributed by atoms with Crippen molar-refractivity contribution in [2.24, 2.45) is 0 Å². The molecule has 28 heavy (non-hydrogen) atoms. The molecule has 0 saturated carbocycles. The van der Waals surface area contributed by atoms with Crippen LogP contribution in [-0.4, -0.2) is 68.5 Å². The van der Waals surface area contributed by atoms with Crippen LogP contribution in [0.2, 0.25) is 0 Å². The van der Waals surface area contributed by atoms with E-state index in [0.29, 0.717) is 24.8 Å². The van der Waals surface area contributed by atoms with E-state index in [1.165, 1.54) is 30.6 Å². The topological polar surface area (TPSA) is 77.3 Å². The van der Waals surface area contributed by atoms with Crippen molar-refractivity contribution in [1.82, 2.24) is 19.7 Å². The maximum atomic E-state index is 12.6. The molecule has 1 aromatic carbocycles. The van der Waals surface area contributed by atoms with Crippen LogP contribution in [0.4, 0.5) is 0 Å². The van der Waals surface area contributed by atoms with Crippen molar-refractivity contribution in [2.75, 3.05) is 31.7 Å². The smallest absolute Gasteiger partial charge is 0.320 e. The Morgan fingerprint density at radius 1 is 1.36 bits per heavy atom. The standard InChI is InChI=1S/C19H22N4O3S2/c1-3-9-23-17(14-7-5-4-6-8-14)20-21-19(23)28-13-16(24)22-10-11-27-15(12-22)18(25)26-2/h3-8,15H,1,9-13H2,2H3/t15-/m0/s1. The maximum Gasteiger partial charge on any atom is 0.320 e. The van der Waals surface area contributed by atoms with Gasteiger partial charge in [0.1, 0.15) is 5.25 Å². The van der Waals surface area contributed by atoms with Crippen molar-refractivity contribution in [1.29, 1.82) is 0 Å². The summed E-state index contributed by atoms with van der Waals surface area (Å²) in [7, 11) is 1.37. The van der Waals surface area contributed by atoms with E-state index in [2.05, 4.69) is 16.8 Å². The summed E-state index contributed by atoms with van der Waals surface area (Å²) >= 11 is 2.88. The fourth-order valence-corrected chi connectivity index (χ4v) is 4.84. The van der Waals surface area contributed by atoms with Crippen LogP contribution in [-0.2, 0) is 20.9 Å². The number of rotatable bonds is 7. The first-order valence-electron chi connectivity index (χ1n) is 8.83. The number of carbonyl (C=O) groups is 2. The molecule has 9 heteroatoms. The third kappa shape index (κ3) is 4.77. The first-order chi connectivity index (χ1) is 13.6. The number of esters is 1. The van der Waals surface area contributed by atoms with Gasteiger partial charge in [-0.2, -0.15) is 0 Å². The molecule has 1 fully saturated rings. The molecule has 0 bridgehead atoms. The summed E-state index contributed by atoms with van der Waals surface area (Å²) in [6.07, 6.45) is 1.78. The zero-order valence-corrected chi connectivity index (χ0v) is 17.2. The van der Waals surface area contributed by atoms with Crippen LogP contribution in [0.15, 0.2) is 48.1 Å². The Labute approximate surface area is 172 Å². The molecule has 1 amide bonds. The molecule has 0 N–H and O–H groups in total. The van der Waals surface area contributed by atoms with Gasteiger partial charge in [-0.25, -0.2) is 0 Å². The summed E-state index contributed by atoms with van der Waals surface area (Å²) in [5.41, 5.74) is 0.962. The molecule has 3 rings (SSSR count). The van der Waals surface area contributed by atoms with Crippen molar-refractivity contribution in [2.45, 2.75) is 17.0 Å². The zero-order chi connectivity index (χ0) is 19.9. The molecule has 0 radical (unpaired) electrons. The molecule has 148 valence electrons. The van der Waals surface area contributed by atoms with Gasteiger partial charge >= 0.3 is 5.97 Å². The lowest BCUT2D eigenvalue weighted by Gasteiger charge is -2.30. The van der Waals surface area contributed by atoms with Gasteiger partial charge in [0.05, 0.1) is 12.9 Å². The first-order valence-corrected chi connectivity index (χ1v) is 10.9. The van der Waals surface area contributed by atoms with Crippen molar-refractivity contribution in [3.8, 4) is 11.4 Å². The van der Waals surface area contributed by atoms with E-state index in [0.717, 1.165) is 17.1 Å². The highest BCUT2D eigenvalue weighted by atomic mass is 32.2. The van der Waals surface area contributed by atoms with Gasteiger partial charge in [-0.3, -0.25) is 14.2 Å². The number of ether oxygens (including phenoxy) is 1. The predicted octanol–water partition coefficient (Wildman–Crippen LogP) is 2.34. The van der Waals surface area contributed by atoms with Crippen LogP contribution < -0.4 is 0 Å². The van der Waals surface area contributed by atoms with Gasteiger partial charge in [-0.1, -0.05) is 48.2 Å². The maximum absolute atomic E-state index is 12.6. The fraction of sp³-hybridized carbons (Fsp3) is 0.368. The number of amides is 1. The molecule has 0 aliphatic carbocycles. The van der Waals surface area contributed by atoms with Gasteiger partial charge < -0.3 is 9.64 Å². The molecule has 0 unspecified atom stereocenters. The minimum Gasteiger partial charge on any atom is -0.468 e. The molecule has 1 atom stereocenters. The Kier molecular flexibility index (Phi) is 7.16. The monoisotopic (exact) mass is 418 g/mol. The number of allylic oxidation sites excluding steroid dienone is 1. The second-order valence-electron chi connectivity index (χ2n) is 6.08. The van der Waals surface area contributed by atoms with Crippen molar-refractivity contribution >= 4 is 35.4 Å². The Morgan fingerprint density at radius 3 is 2.86 bits per heavy atom. The second-order valence-corrected chi connectivity index (χ2v) is 8.34. The fourth-order valence-electron chi connectivity index (χ4n) is 2.86. The third-order valence-corrected chi connectivity index (χ3v) is 6.38. The van der Waals surface area contributed by atoms with Gasteiger partial charge in [0.2, 0.25) is 5.91 Å². The molecule has 0 spiro atoms. The molecule has 7 nitrogen and oxygen atoms in total. The van der Waals surface area contributed by atoms with Gasteiger partial charge in [0.25, 0.3) is 0 Å². The summed E-state index contributed by atoms with van der Waals surface area (Å²) in [4.78, 5) is 26.1. The highest BCUT2D eigenvalue weighted by Gasteiger charge is 2.29. The van der Waals surface area contributed by atoms with E-state index in [-0.39, 0.29) is 22.9 Å².